The summed E-state index contributed by atoms with van der Waals surface area (Å²) in [6.45, 7) is 1.89. The number of nitrogens with zero attached hydrogens (tertiary/aromatic N) is 1. The Balaban J connectivity index is 1.94. The molecule has 1 fully saturated rings. The van der Waals surface area contributed by atoms with Crippen molar-refractivity contribution in [1.29, 1.82) is 0 Å². The van der Waals surface area contributed by atoms with Gasteiger partial charge in [0.1, 0.15) is 5.69 Å². The van der Waals surface area contributed by atoms with Crippen molar-refractivity contribution in [2.24, 2.45) is 0 Å². The third-order valence-electron chi connectivity index (χ3n) is 2.59. The van der Waals surface area contributed by atoms with Crippen molar-refractivity contribution in [3.05, 3.63) is 28.5 Å². The van der Waals surface area contributed by atoms with Crippen molar-refractivity contribution >= 4 is 21.8 Å². The van der Waals surface area contributed by atoms with Crippen molar-refractivity contribution in [1.82, 2.24) is 15.6 Å². The summed E-state index contributed by atoms with van der Waals surface area (Å²) in [7, 11) is 0. The molecular weight excluding hydrogens is 270 g/mol. The van der Waals surface area contributed by atoms with E-state index >= 15 is 0 Å². The second-order valence-corrected chi connectivity index (χ2v) is 4.79. The fourth-order valence-corrected chi connectivity index (χ4v) is 1.98. The molecular formula is C11H14BrN3O. The first kappa shape index (κ1) is 11.5. The van der Waals surface area contributed by atoms with Crippen molar-refractivity contribution in [2.45, 2.75) is 18.9 Å². The topological polar surface area (TPSA) is 54.0 Å². The molecule has 1 aromatic rings. The lowest BCUT2D eigenvalue weighted by molar-refractivity contribution is 0.0925. The van der Waals surface area contributed by atoms with E-state index in [-0.39, 0.29) is 11.9 Å². The highest BCUT2D eigenvalue weighted by molar-refractivity contribution is 9.10. The van der Waals surface area contributed by atoms with Crippen LogP contribution in [-0.4, -0.2) is 30.0 Å². The van der Waals surface area contributed by atoms with Crippen LogP contribution in [0.4, 0.5) is 0 Å². The lowest BCUT2D eigenvalue weighted by Crippen LogP contribution is -2.45. The molecule has 0 saturated carbocycles. The first-order valence-electron chi connectivity index (χ1n) is 5.39. The van der Waals surface area contributed by atoms with Gasteiger partial charge >= 0.3 is 0 Å². The number of piperidine rings is 1. The van der Waals surface area contributed by atoms with Gasteiger partial charge in [-0.1, -0.05) is 0 Å². The molecule has 2 heterocycles. The molecule has 1 aliphatic heterocycles. The summed E-state index contributed by atoms with van der Waals surface area (Å²) in [4.78, 5) is 15.9. The van der Waals surface area contributed by atoms with Crippen LogP contribution >= 0.6 is 15.9 Å². The second-order valence-electron chi connectivity index (χ2n) is 3.88. The van der Waals surface area contributed by atoms with E-state index in [1.54, 1.807) is 12.3 Å². The minimum absolute atomic E-state index is 0.0961. The van der Waals surface area contributed by atoms with Gasteiger partial charge in [-0.3, -0.25) is 4.79 Å². The zero-order chi connectivity index (χ0) is 11.4. The molecule has 1 amide bonds. The van der Waals surface area contributed by atoms with E-state index in [4.69, 9.17) is 0 Å². The van der Waals surface area contributed by atoms with E-state index in [0.717, 1.165) is 30.4 Å². The van der Waals surface area contributed by atoms with E-state index in [2.05, 4.69) is 31.5 Å². The quantitative estimate of drug-likeness (QED) is 0.861. The van der Waals surface area contributed by atoms with Gasteiger partial charge in [0.15, 0.2) is 0 Å². The average molecular weight is 284 g/mol. The van der Waals surface area contributed by atoms with E-state index < -0.39 is 0 Å². The maximum atomic E-state index is 11.8. The number of amides is 1. The highest BCUT2D eigenvalue weighted by Crippen LogP contribution is 2.08. The molecule has 86 valence electrons. The van der Waals surface area contributed by atoms with E-state index in [0.29, 0.717) is 5.69 Å². The number of hydrogen-bond acceptors (Lipinski definition) is 3. The van der Waals surface area contributed by atoms with Gasteiger partial charge in [0.05, 0.1) is 0 Å². The third kappa shape index (κ3) is 3.02. The Morgan fingerprint density at radius 3 is 3.06 bits per heavy atom. The standard InChI is InChI=1S/C11H14BrN3O/c12-8-3-4-10(14-6-8)11(16)15-9-2-1-5-13-7-9/h3-4,6,9,13H,1-2,5,7H2,(H,15,16)/t9-/m0/s1. The molecule has 0 aliphatic carbocycles. The lowest BCUT2D eigenvalue weighted by Gasteiger charge is -2.23. The number of hydrogen-bond donors (Lipinski definition) is 2. The molecule has 2 rings (SSSR count). The predicted molar refractivity (Wildman–Crippen MR) is 65.3 cm³/mol. The molecule has 0 radical (unpaired) electrons. The van der Waals surface area contributed by atoms with Crippen molar-refractivity contribution < 1.29 is 4.79 Å². The monoisotopic (exact) mass is 283 g/mol. The Labute approximate surface area is 103 Å². The van der Waals surface area contributed by atoms with Gasteiger partial charge in [0.25, 0.3) is 5.91 Å². The smallest absolute Gasteiger partial charge is 0.270 e. The molecule has 0 bridgehead atoms. The van der Waals surface area contributed by atoms with E-state index in [1.165, 1.54) is 0 Å². The predicted octanol–water partition coefficient (Wildman–Crippen LogP) is 1.33. The summed E-state index contributed by atoms with van der Waals surface area (Å²) in [6.07, 6.45) is 3.78. The molecule has 5 heteroatoms. The zero-order valence-corrected chi connectivity index (χ0v) is 10.5. The maximum Gasteiger partial charge on any atom is 0.270 e. The van der Waals surface area contributed by atoms with Gasteiger partial charge in [-0.15, -0.1) is 0 Å². The molecule has 2 N–H and O–H groups in total. The molecule has 0 spiro atoms. The van der Waals surface area contributed by atoms with Gasteiger partial charge < -0.3 is 10.6 Å². The summed E-state index contributed by atoms with van der Waals surface area (Å²) in [5, 5.41) is 6.23. The van der Waals surface area contributed by atoms with Crippen molar-refractivity contribution in [3.63, 3.8) is 0 Å². The molecule has 0 aromatic carbocycles. The Hall–Kier alpha value is -0.940. The molecule has 16 heavy (non-hydrogen) atoms. The van der Waals surface area contributed by atoms with Crippen molar-refractivity contribution in [3.8, 4) is 0 Å². The maximum absolute atomic E-state index is 11.8. The molecule has 1 saturated heterocycles. The number of halogens is 1. The number of rotatable bonds is 2. The van der Waals surface area contributed by atoms with E-state index in [1.807, 2.05) is 6.07 Å². The van der Waals surface area contributed by atoms with Crippen molar-refractivity contribution in [2.75, 3.05) is 13.1 Å². The number of carbonyl (C=O) groups excluding carboxylic acids is 1. The summed E-state index contributed by atoms with van der Waals surface area (Å²) >= 11 is 3.29. The van der Waals surface area contributed by atoms with Crippen LogP contribution < -0.4 is 10.6 Å². The fourth-order valence-electron chi connectivity index (χ4n) is 1.74. The first-order chi connectivity index (χ1) is 7.75. The van der Waals surface area contributed by atoms with Crippen LogP contribution in [0.1, 0.15) is 23.3 Å². The highest BCUT2D eigenvalue weighted by Gasteiger charge is 2.16. The molecule has 4 nitrogen and oxygen atoms in total. The Bertz CT molecular complexity index is 360. The van der Waals surface area contributed by atoms with Gasteiger partial charge in [-0.25, -0.2) is 4.98 Å². The largest absolute Gasteiger partial charge is 0.347 e. The number of carbonyl (C=O) groups is 1. The van der Waals surface area contributed by atoms with Crippen LogP contribution in [0.5, 0.6) is 0 Å². The number of pyridine rings is 1. The van der Waals surface area contributed by atoms with Gasteiger partial charge in [-0.2, -0.15) is 0 Å². The van der Waals surface area contributed by atoms with Crippen LogP contribution in [0.25, 0.3) is 0 Å². The summed E-state index contributed by atoms with van der Waals surface area (Å²) in [6, 6.07) is 3.77. The second kappa shape index (κ2) is 5.41. The molecule has 1 aliphatic rings. The molecule has 1 aromatic heterocycles. The minimum atomic E-state index is -0.0961. The summed E-state index contributed by atoms with van der Waals surface area (Å²) in [5.41, 5.74) is 0.466. The number of nitrogens with one attached hydrogen (secondary N) is 2. The Morgan fingerprint density at radius 2 is 2.44 bits per heavy atom. The van der Waals surface area contributed by atoms with Crippen LogP contribution in [0.15, 0.2) is 22.8 Å². The summed E-state index contributed by atoms with van der Waals surface area (Å²) < 4.78 is 0.878. The zero-order valence-electron chi connectivity index (χ0n) is 8.87. The van der Waals surface area contributed by atoms with E-state index in [9.17, 15) is 4.79 Å². The fraction of sp³-hybridized carbons (Fsp3) is 0.455. The van der Waals surface area contributed by atoms with Gasteiger partial charge in [0.2, 0.25) is 0 Å². The average Bonchev–Trinajstić information content (AvgIpc) is 2.31. The van der Waals surface area contributed by atoms with Gasteiger partial charge in [-0.05, 0) is 47.4 Å². The molecule has 1 atom stereocenters. The van der Waals surface area contributed by atoms with Crippen LogP contribution in [0.2, 0.25) is 0 Å². The van der Waals surface area contributed by atoms with Crippen LogP contribution in [-0.2, 0) is 0 Å². The minimum Gasteiger partial charge on any atom is -0.347 e. The summed E-state index contributed by atoms with van der Waals surface area (Å²) in [5.74, 6) is -0.0961. The Morgan fingerprint density at radius 1 is 1.56 bits per heavy atom. The van der Waals surface area contributed by atoms with Gasteiger partial charge in [0, 0.05) is 23.3 Å². The molecule has 0 unspecified atom stereocenters. The van der Waals surface area contributed by atoms with Crippen LogP contribution in [0.3, 0.4) is 0 Å². The lowest BCUT2D eigenvalue weighted by atomic mass is 10.1. The first-order valence-corrected chi connectivity index (χ1v) is 6.18. The normalized spacial score (nSPS) is 20.4. The highest BCUT2D eigenvalue weighted by atomic mass is 79.9. The number of aromatic nitrogens is 1. The third-order valence-corrected chi connectivity index (χ3v) is 3.06. The Kier molecular flexibility index (Phi) is 3.90. The SMILES string of the molecule is O=C(N[C@H]1CCCNC1)c1ccc(Br)cn1. The van der Waals surface area contributed by atoms with Crippen LogP contribution in [0, 0.1) is 0 Å².